The zero-order chi connectivity index (χ0) is 43.1. The standard InChI is InChI=1S/C38H54N6O12S2/c1-5-7-9-11-25-29-17-19-43(25)27(35(49)50)13-15-31(45)40-24(34(48)42(4)38(55)56)22-58-30-18-20-44(26(30)12-10-8-6-2)28(36(51)52)14-16-32(46)39-23(21-57-29)33(47)41(3)37(53)54/h17-20,23-24,27-28H,5-16,21-22H2,1-4H3,(H,39,46)(H,40,45)(H,49,50)(H,51,52)(H,53,54)(H,55,56). The van der Waals surface area contributed by atoms with Crippen molar-refractivity contribution in [2.75, 3.05) is 25.6 Å². The molecule has 4 atom stereocenters. The number of carbonyl (C=O) groups excluding carboxylic acids is 4. The van der Waals surface area contributed by atoms with Gasteiger partial charge in [-0.1, -0.05) is 39.5 Å². The predicted molar refractivity (Wildman–Crippen MR) is 214 cm³/mol. The molecule has 2 aromatic heterocycles. The molecule has 6 amide bonds. The lowest BCUT2D eigenvalue weighted by molar-refractivity contribution is -0.142. The number of aliphatic carboxylic acids is 2. The van der Waals surface area contributed by atoms with E-state index in [0.717, 1.165) is 63.3 Å². The highest BCUT2D eigenvalue weighted by atomic mass is 32.2. The number of carboxylic acid groups (broad SMARTS) is 4. The van der Waals surface area contributed by atoms with Crippen LogP contribution in [0.1, 0.15) is 102 Å². The molecule has 320 valence electrons. The Labute approximate surface area is 345 Å². The van der Waals surface area contributed by atoms with Gasteiger partial charge in [-0.15, -0.1) is 23.5 Å². The third-order valence-electron chi connectivity index (χ3n) is 9.84. The molecule has 3 rings (SSSR count). The minimum Gasteiger partial charge on any atom is -0.480 e. The fraction of sp³-hybridized carbons (Fsp3) is 0.579. The number of nitrogens with zero attached hydrogens (tertiary/aromatic N) is 4. The Balaban J connectivity index is 2.14. The van der Waals surface area contributed by atoms with Gasteiger partial charge in [0, 0.05) is 72.0 Å². The molecule has 6 N–H and O–H groups in total. The van der Waals surface area contributed by atoms with Gasteiger partial charge < -0.3 is 40.2 Å². The molecule has 0 radical (unpaired) electrons. The number of hydrogen-bond donors (Lipinski definition) is 6. The van der Waals surface area contributed by atoms with E-state index in [9.17, 15) is 58.8 Å². The highest BCUT2D eigenvalue weighted by Crippen LogP contribution is 2.33. The molecule has 1 aliphatic rings. The molecule has 0 aliphatic carbocycles. The number of carbonyl (C=O) groups is 8. The maximum atomic E-state index is 13.5. The summed E-state index contributed by atoms with van der Waals surface area (Å²) in [5.41, 5.74) is 1.18. The summed E-state index contributed by atoms with van der Waals surface area (Å²) in [6.45, 7) is 4.00. The van der Waals surface area contributed by atoms with Crippen molar-refractivity contribution in [3.8, 4) is 0 Å². The predicted octanol–water partition coefficient (Wildman–Crippen LogP) is 4.71. The first-order valence-electron chi connectivity index (χ1n) is 19.2. The Morgan fingerprint density at radius 2 is 1.02 bits per heavy atom. The molecule has 20 heteroatoms. The van der Waals surface area contributed by atoms with Crippen molar-refractivity contribution in [3.05, 3.63) is 35.9 Å². The molecule has 18 nitrogen and oxygen atoms in total. The number of likely N-dealkylation sites (N-methyl/N-ethyl adjacent to an activating group) is 2. The van der Waals surface area contributed by atoms with Gasteiger partial charge in [0.05, 0.1) is 0 Å². The second-order valence-electron chi connectivity index (χ2n) is 14.0. The SMILES string of the molecule is CCCCCc1c2ccn1C(C(=O)O)CCC(=O)NC(C(=O)N(C)C(=O)O)CSc1ccn(c1CCCCC)C(C(=O)O)CCC(=O)NC(C(=O)N(C)C(=O)O)CS2. The van der Waals surface area contributed by atoms with Gasteiger partial charge in [-0.2, -0.15) is 0 Å². The topological polar surface area (TPSA) is 258 Å². The van der Waals surface area contributed by atoms with Crippen LogP contribution in [0.3, 0.4) is 0 Å². The van der Waals surface area contributed by atoms with E-state index in [1.165, 1.54) is 9.13 Å². The van der Waals surface area contributed by atoms with Gasteiger partial charge in [-0.25, -0.2) is 29.0 Å². The maximum absolute atomic E-state index is 13.5. The molecule has 0 saturated carbocycles. The smallest absolute Gasteiger partial charge is 0.413 e. The third-order valence-corrected chi connectivity index (χ3v) is 12.2. The van der Waals surface area contributed by atoms with Gasteiger partial charge in [0.1, 0.15) is 24.2 Å². The molecule has 1 aliphatic heterocycles. The lowest BCUT2D eigenvalue weighted by Gasteiger charge is -2.24. The summed E-state index contributed by atoms with van der Waals surface area (Å²) >= 11 is 2.23. The average molecular weight is 851 g/mol. The summed E-state index contributed by atoms with van der Waals surface area (Å²) in [7, 11) is 2.10. The van der Waals surface area contributed by atoms with Crippen molar-refractivity contribution in [2.24, 2.45) is 0 Å². The second kappa shape index (κ2) is 22.8. The summed E-state index contributed by atoms with van der Waals surface area (Å²) < 4.78 is 3.07. The zero-order valence-corrected chi connectivity index (χ0v) is 34.8. The van der Waals surface area contributed by atoms with E-state index in [0.29, 0.717) is 56.7 Å². The van der Waals surface area contributed by atoms with Crippen LogP contribution in [0.25, 0.3) is 0 Å². The van der Waals surface area contributed by atoms with Crippen LogP contribution in [0.15, 0.2) is 34.3 Å². The number of carboxylic acids is 2. The van der Waals surface area contributed by atoms with Gasteiger partial charge in [-0.3, -0.25) is 19.2 Å². The van der Waals surface area contributed by atoms with Crippen LogP contribution < -0.4 is 10.6 Å². The van der Waals surface area contributed by atoms with Crippen LogP contribution in [-0.2, 0) is 41.6 Å². The van der Waals surface area contributed by atoms with E-state index in [4.69, 9.17) is 0 Å². The van der Waals surface area contributed by atoms with Gasteiger partial charge in [0.2, 0.25) is 11.8 Å². The normalized spacial score (nSPS) is 19.7. The van der Waals surface area contributed by atoms with E-state index in [2.05, 4.69) is 10.6 Å². The van der Waals surface area contributed by atoms with Crippen molar-refractivity contribution in [1.29, 1.82) is 0 Å². The van der Waals surface area contributed by atoms with Crippen LogP contribution in [0.5, 0.6) is 0 Å². The van der Waals surface area contributed by atoms with Crippen LogP contribution in [0.4, 0.5) is 9.59 Å². The number of fused-ring (bicyclic) bond motifs is 4. The van der Waals surface area contributed by atoms with Crippen molar-refractivity contribution >= 4 is 71.3 Å². The number of imide groups is 2. The van der Waals surface area contributed by atoms with Gasteiger partial charge >= 0.3 is 24.1 Å². The average Bonchev–Trinajstić information content (AvgIpc) is 3.76. The zero-order valence-electron chi connectivity index (χ0n) is 33.2. The number of nitrogens with one attached hydrogen (secondary N) is 2. The van der Waals surface area contributed by atoms with Crippen LogP contribution >= 0.6 is 23.5 Å². The maximum Gasteiger partial charge on any atom is 0.413 e. The Morgan fingerprint density at radius 3 is 1.33 bits per heavy atom. The summed E-state index contributed by atoms with van der Waals surface area (Å²) in [5, 5.41) is 45.1. The highest BCUT2D eigenvalue weighted by Gasteiger charge is 2.33. The Kier molecular flexibility index (Phi) is 18.7. The number of aromatic nitrogens is 2. The molecule has 0 saturated heterocycles. The minimum atomic E-state index is -1.55. The van der Waals surface area contributed by atoms with E-state index < -0.39 is 71.9 Å². The molecule has 2 aromatic rings. The fourth-order valence-electron chi connectivity index (χ4n) is 6.54. The molecular weight excluding hydrogens is 797 g/mol. The van der Waals surface area contributed by atoms with Crippen molar-refractivity contribution in [3.63, 3.8) is 0 Å². The monoisotopic (exact) mass is 850 g/mol. The number of rotatable bonds is 12. The summed E-state index contributed by atoms with van der Waals surface area (Å²) in [6, 6.07) is -1.86. The first kappa shape index (κ1) is 47.4. The number of amides is 6. The first-order chi connectivity index (χ1) is 27.5. The largest absolute Gasteiger partial charge is 0.480 e. The first-order valence-corrected chi connectivity index (χ1v) is 21.2. The van der Waals surface area contributed by atoms with Crippen LogP contribution in [0, 0.1) is 0 Å². The fourth-order valence-corrected chi connectivity index (χ4v) is 8.75. The molecule has 0 spiro atoms. The van der Waals surface area contributed by atoms with Crippen molar-refractivity contribution < 1.29 is 58.8 Å². The van der Waals surface area contributed by atoms with E-state index in [1.807, 2.05) is 13.8 Å². The minimum absolute atomic E-state index is 0.143. The summed E-state index contributed by atoms with van der Waals surface area (Å²) in [6.07, 6.45) is 4.45. The highest BCUT2D eigenvalue weighted by molar-refractivity contribution is 7.99. The molecular formula is C38H54N6O12S2. The lowest BCUT2D eigenvalue weighted by Crippen LogP contribution is -2.50. The quantitative estimate of drug-likeness (QED) is 0.158. The number of thioether (sulfide) groups is 2. The Bertz CT molecular complexity index is 1680. The van der Waals surface area contributed by atoms with Crippen molar-refractivity contribution in [2.45, 2.75) is 125 Å². The molecule has 0 aromatic carbocycles. The lowest BCUT2D eigenvalue weighted by atomic mass is 10.1. The molecule has 4 bridgehead atoms. The van der Waals surface area contributed by atoms with Gasteiger partial charge in [-0.05, 0) is 50.7 Å². The Hall–Kier alpha value is -4.98. The van der Waals surface area contributed by atoms with Crippen LogP contribution in [0.2, 0.25) is 0 Å². The third kappa shape index (κ3) is 13.0. The van der Waals surface area contributed by atoms with Crippen molar-refractivity contribution in [1.82, 2.24) is 29.6 Å². The molecule has 58 heavy (non-hydrogen) atoms. The summed E-state index contributed by atoms with van der Waals surface area (Å²) in [5.74, 6) is -5.97. The van der Waals surface area contributed by atoms with E-state index in [1.54, 1.807) is 24.5 Å². The second-order valence-corrected chi connectivity index (χ2v) is 16.1. The molecule has 4 unspecified atom stereocenters. The molecule has 3 heterocycles. The number of hydrogen-bond acceptors (Lipinski definition) is 10. The van der Waals surface area contributed by atoms with E-state index >= 15 is 0 Å². The van der Waals surface area contributed by atoms with Gasteiger partial charge in [0.25, 0.3) is 11.8 Å². The Morgan fingerprint density at radius 1 is 0.655 bits per heavy atom. The van der Waals surface area contributed by atoms with E-state index in [-0.39, 0.29) is 37.2 Å². The summed E-state index contributed by atoms with van der Waals surface area (Å²) in [4.78, 5) is 105. The van der Waals surface area contributed by atoms with Crippen LogP contribution in [-0.4, -0.2) is 125 Å². The number of unbranched alkanes of at least 4 members (excludes halogenated alkanes) is 4. The molecule has 0 fully saturated rings. The van der Waals surface area contributed by atoms with Gasteiger partial charge in [0.15, 0.2) is 0 Å².